The Labute approximate surface area is 593 Å². The van der Waals surface area contributed by atoms with Crippen LogP contribution in [0.1, 0.15) is 57.6 Å². The average molecular weight is 1510 g/mol. The SMILES string of the molecule is CC(=N)CCCCCCC(N)=[NH+]CCSCC1OC2OC3C(CO)CC(OC4C(CO)OC(OC5C(CSCCNC(=O)Cc6cnc[nH]6)OC(OC6C(CO)OC(OC7C(CO)OC(OC8C(CO)OC(OC1C(O)C2O)C(O)C8O)C(O)C7O)C(O)C6O)C(O)C5O)C(O)C4O)C(O)C3O. The number of hydrogen-bond acceptors (Lipinski definition) is 37. The molecule has 102 heavy (non-hydrogen) atoms. The van der Waals surface area contributed by atoms with Gasteiger partial charge in [-0.25, -0.2) is 4.98 Å². The number of amidine groups is 1. The smallest absolute Gasteiger partial charge is 0.240 e. The zero-order valence-electron chi connectivity index (χ0n) is 55.9. The van der Waals surface area contributed by atoms with Crippen LogP contribution in [0.15, 0.2) is 12.5 Å². The molecular weight excluding hydrogens is 1410 g/mol. The van der Waals surface area contributed by atoms with Gasteiger partial charge in [0, 0.05) is 66.1 Å². The van der Waals surface area contributed by atoms with Gasteiger partial charge < -0.3 is 174 Å². The molecule has 39 nitrogen and oxygen atoms in total. The first-order chi connectivity index (χ1) is 48.8. The highest BCUT2D eigenvalue weighted by molar-refractivity contribution is 7.99. The number of nitrogens with zero attached hydrogens (tertiary/aromatic N) is 1. The Morgan fingerprint density at radius 2 is 0.853 bits per heavy atom. The van der Waals surface area contributed by atoms with Crippen molar-refractivity contribution in [2.75, 3.05) is 69.1 Å². The fourth-order valence-electron chi connectivity index (χ4n) is 13.6. The van der Waals surface area contributed by atoms with E-state index < -0.39 is 254 Å². The Morgan fingerprint density at radius 3 is 1.24 bits per heavy atom. The van der Waals surface area contributed by atoms with Gasteiger partial charge in [0.15, 0.2) is 37.7 Å². The van der Waals surface area contributed by atoms with E-state index in [9.17, 15) is 102 Å². The van der Waals surface area contributed by atoms with E-state index in [1.807, 2.05) is 0 Å². The predicted molar refractivity (Wildman–Crippen MR) is 344 cm³/mol. The lowest BCUT2D eigenvalue weighted by atomic mass is 9.80. The van der Waals surface area contributed by atoms with Crippen LogP contribution >= 0.6 is 23.5 Å². The normalized spacial score (nSPS) is 44.8. The van der Waals surface area contributed by atoms with Crippen LogP contribution in [-0.4, -0.2) is 402 Å². The van der Waals surface area contributed by atoms with Gasteiger partial charge in [0.25, 0.3) is 0 Å². The number of ether oxygens (including phenoxy) is 13. The second-order valence-electron chi connectivity index (χ2n) is 26.7. The Morgan fingerprint density at radius 1 is 0.490 bits per heavy atom. The summed E-state index contributed by atoms with van der Waals surface area (Å²) >= 11 is 2.34. The molecule has 21 fully saturated rings. The second-order valence-corrected chi connectivity index (χ2v) is 29.0. The monoisotopic (exact) mass is 1510 g/mol. The van der Waals surface area contributed by atoms with Crippen molar-refractivity contribution in [2.45, 2.75) is 267 Å². The number of nitrogens with two attached hydrogens (primary N) is 1. The summed E-state index contributed by atoms with van der Waals surface area (Å²) in [6, 6.07) is 0. The summed E-state index contributed by atoms with van der Waals surface area (Å²) in [4.78, 5) is 22.5. The highest BCUT2D eigenvalue weighted by atomic mass is 32.2. The maximum absolute atomic E-state index is 12.7. The molecule has 0 spiro atoms. The zero-order valence-corrected chi connectivity index (χ0v) is 57.5. The van der Waals surface area contributed by atoms with E-state index in [1.165, 1.54) is 24.3 Å². The number of carbonyl (C=O) groups is 1. The summed E-state index contributed by atoms with van der Waals surface area (Å²) in [5.41, 5.74) is 7.42. The number of nitrogens with one attached hydrogen (secondary N) is 4. The Bertz CT molecular complexity index is 2710. The third-order valence-electron chi connectivity index (χ3n) is 19.3. The third kappa shape index (κ3) is 20.2. The molecule has 41 heteroatoms. The fraction of sp³-hybridized carbons (Fsp3) is 0.902. The van der Waals surface area contributed by atoms with Gasteiger partial charge in [-0.1, -0.05) is 12.8 Å². The minimum absolute atomic E-state index is 0.0265. The van der Waals surface area contributed by atoms with Crippen LogP contribution in [0.25, 0.3) is 0 Å². The number of amides is 1. The van der Waals surface area contributed by atoms with Crippen molar-refractivity contribution < 1.29 is 168 Å². The Kier molecular flexibility index (Phi) is 31.9. The third-order valence-corrected chi connectivity index (χ3v) is 21.4. The van der Waals surface area contributed by atoms with Crippen LogP contribution in [0.5, 0.6) is 0 Å². The number of hydrogen-bond donors (Lipinski definition) is 24. The standard InChI is InChI=1S/C61H102N6O33S2/c1-23(62)6-4-2-3-5-7-33(63)65-8-10-101-20-31-54-41(80)47(86)60(93-31)95-49-24(15-68)12-26(35(74)36(49)75)88-50-27(16-69)89-58(43(82)37(50)76)99-55-32(21-102-11-9-66-34(73)13-25-14-64-22-67-25)94-61(48(87)42(55)81)98-53-30(19-72)91-57(45(84)39(53)78)96-51-28(17-70)90-56(44(83)38(51)77)97-52-29(18-71)92-59(100-54)46(85)40(52)79/h14,22,24,26-32,35-62,68-72,74-87H,2-13,15-21H2,1H3,(H2,63,65)(H,64,67)(H,66,73)/p+1. The van der Waals surface area contributed by atoms with Crippen LogP contribution in [0.2, 0.25) is 0 Å². The molecule has 35 atom stereocenters. The number of aliphatic hydroxyl groups excluding tert-OH is 19. The predicted octanol–water partition coefficient (Wildman–Crippen LogP) is -12.2. The van der Waals surface area contributed by atoms with Crippen molar-refractivity contribution in [2.24, 2.45) is 11.7 Å². The molecule has 1 saturated carbocycles. The molecule has 0 radical (unpaired) electrons. The van der Waals surface area contributed by atoms with E-state index in [-0.39, 0.29) is 36.1 Å². The number of aliphatic hydroxyl groups is 19. The molecule has 1 aliphatic carbocycles. The van der Waals surface area contributed by atoms with Gasteiger partial charge >= 0.3 is 0 Å². The summed E-state index contributed by atoms with van der Waals surface area (Å²) in [7, 11) is 0. The number of carbonyl (C=O) groups excluding carboxylic acids is 1. The van der Waals surface area contributed by atoms with Crippen molar-refractivity contribution >= 4 is 41.0 Å². The minimum Gasteiger partial charge on any atom is -0.396 e. The molecule has 20 saturated heterocycles. The quantitative estimate of drug-likeness (QED) is 0.0260. The Balaban J connectivity index is 0.981. The van der Waals surface area contributed by atoms with Crippen molar-refractivity contribution in [1.29, 1.82) is 5.41 Å². The van der Waals surface area contributed by atoms with Crippen molar-refractivity contribution in [3.05, 3.63) is 18.2 Å². The summed E-state index contributed by atoms with van der Waals surface area (Å²) in [6.45, 7) is -2.73. The van der Waals surface area contributed by atoms with Crippen molar-refractivity contribution in [1.82, 2.24) is 15.3 Å². The molecule has 35 unspecified atom stereocenters. The first-order valence-electron chi connectivity index (χ1n) is 34.2. The second kappa shape index (κ2) is 39.0. The largest absolute Gasteiger partial charge is 0.396 e. The number of rotatable bonds is 24. The molecule has 22 rings (SSSR count). The van der Waals surface area contributed by atoms with Gasteiger partial charge in [-0.15, -0.1) is 0 Å². The van der Waals surface area contributed by atoms with Gasteiger partial charge in [-0.3, -0.25) is 15.5 Å². The van der Waals surface area contributed by atoms with E-state index >= 15 is 0 Å². The lowest BCUT2D eigenvalue weighted by Crippen LogP contribution is -2.76. The lowest BCUT2D eigenvalue weighted by Gasteiger charge is -2.50. The summed E-state index contributed by atoms with van der Waals surface area (Å²) < 4.78 is 78.3. The van der Waals surface area contributed by atoms with Gasteiger partial charge in [0.05, 0.1) is 70.1 Å². The van der Waals surface area contributed by atoms with Crippen molar-refractivity contribution in [3.8, 4) is 0 Å². The summed E-state index contributed by atoms with van der Waals surface area (Å²) in [6.07, 6.45) is -58.2. The molecule has 1 aromatic rings. The van der Waals surface area contributed by atoms with Gasteiger partial charge in [-0.2, -0.15) is 23.5 Å². The highest BCUT2D eigenvalue weighted by Crippen LogP contribution is 2.41. The van der Waals surface area contributed by atoms with Crippen LogP contribution in [0.3, 0.4) is 0 Å². The molecule has 1 amide bonds. The number of thioether (sulfide) groups is 2. The van der Waals surface area contributed by atoms with E-state index in [0.29, 0.717) is 42.4 Å². The molecule has 20 aliphatic heterocycles. The van der Waals surface area contributed by atoms with E-state index in [2.05, 4.69) is 20.3 Å². The number of aromatic nitrogens is 2. The lowest BCUT2D eigenvalue weighted by molar-refractivity contribution is -0.453. The molecule has 21 aliphatic rings. The highest BCUT2D eigenvalue weighted by Gasteiger charge is 2.59. The first kappa shape index (κ1) is 83.3. The van der Waals surface area contributed by atoms with Crippen LogP contribution in [0, 0.1) is 11.3 Å². The van der Waals surface area contributed by atoms with Crippen molar-refractivity contribution in [3.63, 3.8) is 0 Å². The maximum atomic E-state index is 12.7. The summed E-state index contributed by atoms with van der Waals surface area (Å²) in [5, 5.41) is 229. The van der Waals surface area contributed by atoms with Crippen LogP contribution in [0.4, 0.5) is 0 Å². The number of H-pyrrole nitrogens is 1. The molecule has 0 aromatic carbocycles. The molecule has 25 N–H and O–H groups in total. The molecular formula is C61H103N6O33S2+. The molecule has 586 valence electrons. The summed E-state index contributed by atoms with van der Waals surface area (Å²) in [5.74, 6) is -0.837. The fourth-order valence-corrected chi connectivity index (χ4v) is 15.4. The minimum atomic E-state index is -2.21. The zero-order chi connectivity index (χ0) is 73.8. The average Bonchev–Trinajstić information content (AvgIpc) is 1.00. The van der Waals surface area contributed by atoms with Crippen LogP contribution in [-0.2, 0) is 72.8 Å². The van der Waals surface area contributed by atoms with E-state index in [4.69, 9.17) is 72.7 Å². The van der Waals surface area contributed by atoms with Gasteiger partial charge in [0.2, 0.25) is 11.7 Å². The maximum Gasteiger partial charge on any atom is 0.240 e. The van der Waals surface area contributed by atoms with Gasteiger partial charge in [0.1, 0.15) is 146 Å². The molecule has 1 aromatic heterocycles. The molecule has 21 heterocycles. The number of imidazole rings is 1. The van der Waals surface area contributed by atoms with Gasteiger partial charge in [-0.05, 0) is 32.6 Å². The molecule has 14 bridgehead atoms. The van der Waals surface area contributed by atoms with E-state index in [0.717, 1.165) is 37.4 Å². The van der Waals surface area contributed by atoms with Crippen LogP contribution < -0.4 is 16.0 Å². The topological polar surface area (TPSA) is 626 Å². The Hall–Kier alpha value is -2.76. The van der Waals surface area contributed by atoms with E-state index in [1.54, 1.807) is 6.92 Å². The number of aromatic amines is 1. The first-order valence-corrected chi connectivity index (χ1v) is 36.5. The number of unbranched alkanes of at least 4 members (excludes halogenated alkanes) is 3.